The van der Waals surface area contributed by atoms with Crippen molar-refractivity contribution in [1.82, 2.24) is 10.2 Å². The maximum absolute atomic E-state index is 11.6. The zero-order valence-electron chi connectivity index (χ0n) is 14.1. The van der Waals surface area contributed by atoms with Crippen LogP contribution in [0.2, 0.25) is 0 Å². The summed E-state index contributed by atoms with van der Waals surface area (Å²) >= 11 is 0. The number of hydrogen-bond donors (Lipinski definition) is 2. The van der Waals surface area contributed by atoms with Crippen LogP contribution in [0.15, 0.2) is 24.3 Å². The molecule has 1 amide bonds. The number of rotatable bonds is 7. The van der Waals surface area contributed by atoms with Crippen LogP contribution in [0.1, 0.15) is 37.7 Å². The first kappa shape index (κ1) is 17.8. The first-order valence-corrected chi connectivity index (χ1v) is 8.38. The van der Waals surface area contributed by atoms with Crippen LogP contribution in [0, 0.1) is 0 Å². The topological polar surface area (TPSA) is 61.8 Å². The van der Waals surface area contributed by atoms with Gasteiger partial charge in [0.05, 0.1) is 13.2 Å². The number of methoxy groups -OCH3 is 1. The number of hydrogen-bond acceptors (Lipinski definition) is 4. The highest BCUT2D eigenvalue weighted by Crippen LogP contribution is 2.25. The zero-order chi connectivity index (χ0) is 16.7. The van der Waals surface area contributed by atoms with E-state index >= 15 is 0 Å². The third-order valence-electron chi connectivity index (χ3n) is 4.61. The van der Waals surface area contributed by atoms with Crippen molar-refractivity contribution < 1.29 is 14.6 Å². The largest absolute Gasteiger partial charge is 0.497 e. The molecule has 0 saturated heterocycles. The van der Waals surface area contributed by atoms with Gasteiger partial charge in [-0.05, 0) is 43.4 Å². The average Bonchev–Trinajstić information content (AvgIpc) is 2.59. The van der Waals surface area contributed by atoms with Crippen molar-refractivity contribution in [3.05, 3.63) is 29.8 Å². The molecule has 1 aromatic rings. The summed E-state index contributed by atoms with van der Waals surface area (Å²) in [4.78, 5) is 14.0. The number of aliphatic hydroxyl groups excluding tert-OH is 1. The second kappa shape index (κ2) is 8.89. The Hall–Kier alpha value is -1.59. The van der Waals surface area contributed by atoms with Gasteiger partial charge in [0, 0.05) is 32.6 Å². The number of carbonyl (C=O) groups is 1. The molecule has 0 radical (unpaired) electrons. The van der Waals surface area contributed by atoms with E-state index in [2.05, 4.69) is 16.3 Å². The summed E-state index contributed by atoms with van der Waals surface area (Å²) in [6, 6.07) is 8.50. The van der Waals surface area contributed by atoms with Crippen molar-refractivity contribution in [3.63, 3.8) is 0 Å². The quantitative estimate of drug-likeness (QED) is 0.806. The number of nitrogens with zero attached hydrogens (tertiary/aromatic N) is 1. The van der Waals surface area contributed by atoms with E-state index in [0.29, 0.717) is 12.5 Å². The fraction of sp³-hybridized carbons (Fsp3) is 0.611. The fourth-order valence-electron chi connectivity index (χ4n) is 3.19. The van der Waals surface area contributed by atoms with E-state index in [0.717, 1.165) is 44.5 Å². The number of aliphatic hydroxyl groups is 1. The second-order valence-corrected chi connectivity index (χ2v) is 6.21. The summed E-state index contributed by atoms with van der Waals surface area (Å²) in [6.07, 6.45) is 4.00. The van der Waals surface area contributed by atoms with Crippen molar-refractivity contribution in [2.45, 2.75) is 50.8 Å². The summed E-state index contributed by atoms with van der Waals surface area (Å²) in [7, 11) is 3.34. The van der Waals surface area contributed by atoms with Crippen LogP contribution < -0.4 is 10.1 Å². The molecule has 2 N–H and O–H groups in total. The van der Waals surface area contributed by atoms with Gasteiger partial charge < -0.3 is 15.2 Å². The summed E-state index contributed by atoms with van der Waals surface area (Å²) in [5.41, 5.74) is 1.19. The summed E-state index contributed by atoms with van der Waals surface area (Å²) in [5.74, 6) is 0.921. The molecule has 1 aliphatic rings. The van der Waals surface area contributed by atoms with Gasteiger partial charge in [-0.1, -0.05) is 12.1 Å². The van der Waals surface area contributed by atoms with Crippen LogP contribution in [-0.2, 0) is 11.3 Å². The molecule has 1 fully saturated rings. The van der Waals surface area contributed by atoms with E-state index in [1.54, 1.807) is 14.2 Å². The highest BCUT2D eigenvalue weighted by Gasteiger charge is 2.25. The van der Waals surface area contributed by atoms with E-state index in [4.69, 9.17) is 4.74 Å². The van der Waals surface area contributed by atoms with Gasteiger partial charge in [0.15, 0.2) is 0 Å². The Morgan fingerprint density at radius 3 is 2.74 bits per heavy atom. The van der Waals surface area contributed by atoms with Crippen LogP contribution in [-0.4, -0.2) is 48.8 Å². The van der Waals surface area contributed by atoms with Crippen molar-refractivity contribution in [2.75, 3.05) is 20.7 Å². The molecule has 1 aliphatic carbocycles. The van der Waals surface area contributed by atoms with Crippen molar-refractivity contribution in [3.8, 4) is 5.75 Å². The van der Waals surface area contributed by atoms with E-state index < -0.39 is 0 Å². The normalized spacial score (nSPS) is 21.2. The zero-order valence-corrected chi connectivity index (χ0v) is 14.1. The summed E-state index contributed by atoms with van der Waals surface area (Å²) < 4.78 is 5.30. The first-order chi connectivity index (χ1) is 11.1. The van der Waals surface area contributed by atoms with Gasteiger partial charge in [0.2, 0.25) is 5.91 Å². The Kier molecular flexibility index (Phi) is 6.86. The highest BCUT2D eigenvalue weighted by atomic mass is 16.5. The van der Waals surface area contributed by atoms with Gasteiger partial charge in [-0.2, -0.15) is 0 Å². The molecule has 1 saturated carbocycles. The molecular weight excluding hydrogens is 292 g/mol. The SMILES string of the molecule is CNC(=O)CCN(Cc1cccc(OC)c1)C1CCC(O)CC1. The van der Waals surface area contributed by atoms with Crippen LogP contribution >= 0.6 is 0 Å². The molecule has 5 heteroatoms. The predicted octanol–water partition coefficient (Wildman–Crippen LogP) is 1.94. The van der Waals surface area contributed by atoms with E-state index in [1.807, 2.05) is 18.2 Å². The van der Waals surface area contributed by atoms with Crippen molar-refractivity contribution in [2.24, 2.45) is 0 Å². The molecule has 0 aromatic heterocycles. The number of nitrogens with one attached hydrogen (secondary N) is 1. The molecular formula is C18H28N2O3. The lowest BCUT2D eigenvalue weighted by Crippen LogP contribution is -2.40. The lowest BCUT2D eigenvalue weighted by atomic mass is 9.91. The molecule has 0 bridgehead atoms. The molecule has 2 rings (SSSR count). The van der Waals surface area contributed by atoms with Gasteiger partial charge in [-0.25, -0.2) is 0 Å². The van der Waals surface area contributed by atoms with E-state index in [1.165, 1.54) is 5.56 Å². The third-order valence-corrected chi connectivity index (χ3v) is 4.61. The fourth-order valence-corrected chi connectivity index (χ4v) is 3.19. The summed E-state index contributed by atoms with van der Waals surface area (Å²) in [5, 5.41) is 12.4. The van der Waals surface area contributed by atoms with Gasteiger partial charge in [-0.15, -0.1) is 0 Å². The minimum absolute atomic E-state index is 0.0662. The van der Waals surface area contributed by atoms with Gasteiger partial charge >= 0.3 is 0 Å². The number of ether oxygens (including phenoxy) is 1. The Labute approximate surface area is 138 Å². The molecule has 1 aromatic carbocycles. The minimum atomic E-state index is -0.163. The van der Waals surface area contributed by atoms with Gasteiger partial charge in [0.1, 0.15) is 5.75 Å². The lowest BCUT2D eigenvalue weighted by molar-refractivity contribution is -0.121. The molecule has 0 atom stereocenters. The maximum Gasteiger partial charge on any atom is 0.221 e. The maximum atomic E-state index is 11.6. The monoisotopic (exact) mass is 320 g/mol. The van der Waals surface area contributed by atoms with Crippen LogP contribution in [0.3, 0.4) is 0 Å². The standard InChI is InChI=1S/C18H28N2O3/c1-19-18(22)10-11-20(15-6-8-16(21)9-7-15)13-14-4-3-5-17(12-14)23-2/h3-5,12,15-16,21H,6-11,13H2,1-2H3,(H,19,22). The Bertz CT molecular complexity index is 499. The smallest absolute Gasteiger partial charge is 0.221 e. The molecule has 128 valence electrons. The lowest BCUT2D eigenvalue weighted by Gasteiger charge is -2.35. The number of amides is 1. The highest BCUT2D eigenvalue weighted by molar-refractivity contribution is 5.75. The molecule has 23 heavy (non-hydrogen) atoms. The number of carbonyl (C=O) groups excluding carboxylic acids is 1. The number of benzene rings is 1. The van der Waals surface area contributed by atoms with Crippen LogP contribution in [0.25, 0.3) is 0 Å². The van der Waals surface area contributed by atoms with Crippen LogP contribution in [0.5, 0.6) is 5.75 Å². The van der Waals surface area contributed by atoms with Crippen LogP contribution in [0.4, 0.5) is 0 Å². The Morgan fingerprint density at radius 1 is 1.35 bits per heavy atom. The van der Waals surface area contributed by atoms with Crippen molar-refractivity contribution >= 4 is 5.91 Å². The third kappa shape index (κ3) is 5.52. The first-order valence-electron chi connectivity index (χ1n) is 8.38. The molecule has 5 nitrogen and oxygen atoms in total. The summed E-state index contributed by atoms with van der Waals surface area (Å²) in [6.45, 7) is 1.53. The molecule has 0 spiro atoms. The van der Waals surface area contributed by atoms with Gasteiger partial charge in [-0.3, -0.25) is 9.69 Å². The van der Waals surface area contributed by atoms with E-state index in [9.17, 15) is 9.90 Å². The molecule has 0 unspecified atom stereocenters. The molecule has 0 heterocycles. The van der Waals surface area contributed by atoms with Gasteiger partial charge in [0.25, 0.3) is 0 Å². The Morgan fingerprint density at radius 2 is 2.09 bits per heavy atom. The molecule has 0 aliphatic heterocycles. The second-order valence-electron chi connectivity index (χ2n) is 6.21. The Balaban J connectivity index is 2.03. The minimum Gasteiger partial charge on any atom is -0.497 e. The predicted molar refractivity (Wildman–Crippen MR) is 90.4 cm³/mol. The van der Waals surface area contributed by atoms with Crippen molar-refractivity contribution in [1.29, 1.82) is 0 Å². The average molecular weight is 320 g/mol. The van der Waals surface area contributed by atoms with E-state index in [-0.39, 0.29) is 12.0 Å².